The van der Waals surface area contributed by atoms with Crippen molar-refractivity contribution in [1.82, 2.24) is 14.6 Å². The molecule has 0 saturated carbocycles. The third kappa shape index (κ3) is 3.15. The first-order chi connectivity index (χ1) is 11.4. The molecule has 9 heteroatoms. The highest BCUT2D eigenvalue weighted by molar-refractivity contribution is 7.17. The lowest BCUT2D eigenvalue weighted by Gasteiger charge is -1.96. The molecular formula is C15H13N5O3S. The molecule has 0 fully saturated rings. The third-order valence-corrected chi connectivity index (χ3v) is 4.46. The van der Waals surface area contributed by atoms with Gasteiger partial charge in [0.1, 0.15) is 0 Å². The average Bonchev–Trinajstić information content (AvgIpc) is 3.05. The number of hydrogen-bond acceptors (Lipinski definition) is 6. The molecule has 24 heavy (non-hydrogen) atoms. The van der Waals surface area contributed by atoms with Gasteiger partial charge in [0.2, 0.25) is 4.96 Å². The minimum atomic E-state index is -0.472. The average molecular weight is 343 g/mol. The molecule has 8 nitrogen and oxygen atoms in total. The molecule has 0 radical (unpaired) electrons. The molecule has 0 aliphatic carbocycles. The number of amides is 1. The molecular weight excluding hydrogens is 330 g/mol. The Morgan fingerprint density at radius 3 is 2.67 bits per heavy atom. The van der Waals surface area contributed by atoms with Gasteiger partial charge in [-0.2, -0.15) is 4.98 Å². The van der Waals surface area contributed by atoms with Crippen LogP contribution in [0.15, 0.2) is 30.3 Å². The molecule has 0 unspecified atom stereocenters. The van der Waals surface area contributed by atoms with Crippen LogP contribution in [0.25, 0.3) is 11.0 Å². The molecule has 3 rings (SSSR count). The first-order valence-electron chi connectivity index (χ1n) is 7.00. The summed E-state index contributed by atoms with van der Waals surface area (Å²) in [5.41, 5.74) is 1.68. The number of nitrogens with one attached hydrogen (secondary N) is 1. The molecule has 1 N–H and O–H groups in total. The first kappa shape index (κ1) is 15.8. The molecule has 3 aromatic rings. The van der Waals surface area contributed by atoms with Crippen molar-refractivity contribution < 1.29 is 9.72 Å². The number of benzene rings is 1. The number of fused-ring (bicyclic) bond motifs is 1. The van der Waals surface area contributed by atoms with E-state index in [0.717, 1.165) is 15.5 Å². The Morgan fingerprint density at radius 2 is 2.04 bits per heavy atom. The number of carbonyl (C=O) groups is 1. The van der Waals surface area contributed by atoms with Crippen LogP contribution in [0.1, 0.15) is 16.1 Å². The molecule has 0 aliphatic rings. The maximum absolute atomic E-state index is 11.9. The van der Waals surface area contributed by atoms with Crippen LogP contribution in [0.4, 0.5) is 11.6 Å². The highest BCUT2D eigenvalue weighted by Gasteiger charge is 2.11. The Morgan fingerprint density at radius 1 is 1.33 bits per heavy atom. The molecule has 0 saturated heterocycles. The van der Waals surface area contributed by atoms with E-state index in [1.807, 2.05) is 13.8 Å². The molecule has 0 spiro atoms. The van der Waals surface area contributed by atoms with Gasteiger partial charge < -0.3 is 0 Å². The summed E-state index contributed by atoms with van der Waals surface area (Å²) >= 11 is 1.51. The fourth-order valence-corrected chi connectivity index (χ4v) is 2.93. The summed E-state index contributed by atoms with van der Waals surface area (Å²) < 4.78 is 1.69. The largest absolute Gasteiger partial charge is 0.290 e. The van der Waals surface area contributed by atoms with E-state index in [-0.39, 0.29) is 17.5 Å². The zero-order chi connectivity index (χ0) is 17.3. The molecule has 2 aromatic heterocycles. The zero-order valence-electron chi connectivity index (χ0n) is 12.9. The second-order valence-corrected chi connectivity index (χ2v) is 6.23. The van der Waals surface area contributed by atoms with Crippen LogP contribution in [0, 0.1) is 24.0 Å². The van der Waals surface area contributed by atoms with Gasteiger partial charge in [-0.3, -0.25) is 20.2 Å². The number of hydrogen-bond donors (Lipinski definition) is 1. The van der Waals surface area contributed by atoms with Crippen molar-refractivity contribution in [3.05, 3.63) is 56.6 Å². The van der Waals surface area contributed by atoms with Gasteiger partial charge >= 0.3 is 0 Å². The van der Waals surface area contributed by atoms with Gasteiger partial charge in [-0.25, -0.2) is 4.52 Å². The summed E-state index contributed by atoms with van der Waals surface area (Å²) in [4.78, 5) is 28.1. The van der Waals surface area contributed by atoms with Gasteiger partial charge in [0.25, 0.3) is 17.5 Å². The van der Waals surface area contributed by atoms with E-state index >= 15 is 0 Å². The van der Waals surface area contributed by atoms with Gasteiger partial charge in [-0.1, -0.05) is 11.3 Å². The topological polar surface area (TPSA) is 102 Å². The SMILES string of the molecule is Cc1sc2nc(NC(=O)/C=C/c3ccc([N+](=O)[O-])cc3)nn2c1C. The smallest absolute Gasteiger partial charge is 0.269 e. The van der Waals surface area contributed by atoms with Crippen LogP contribution < -0.4 is 5.32 Å². The Balaban J connectivity index is 1.68. The molecule has 1 aromatic carbocycles. The Labute approximate surface area is 140 Å². The lowest BCUT2D eigenvalue weighted by molar-refractivity contribution is -0.384. The van der Waals surface area contributed by atoms with Crippen LogP contribution in [-0.4, -0.2) is 25.4 Å². The zero-order valence-corrected chi connectivity index (χ0v) is 13.7. The van der Waals surface area contributed by atoms with Gasteiger partial charge in [-0.15, -0.1) is 5.10 Å². The Bertz CT molecular complexity index is 956. The van der Waals surface area contributed by atoms with E-state index < -0.39 is 4.92 Å². The summed E-state index contributed by atoms with van der Waals surface area (Å²) in [6.45, 7) is 3.93. The second kappa shape index (κ2) is 6.20. The third-order valence-electron chi connectivity index (χ3n) is 3.42. The molecule has 0 bridgehead atoms. The van der Waals surface area contributed by atoms with E-state index in [4.69, 9.17) is 0 Å². The summed E-state index contributed by atoms with van der Waals surface area (Å²) in [6, 6.07) is 5.90. The fourth-order valence-electron chi connectivity index (χ4n) is 2.03. The summed E-state index contributed by atoms with van der Waals surface area (Å²) in [7, 11) is 0. The highest BCUT2D eigenvalue weighted by Crippen LogP contribution is 2.21. The lowest BCUT2D eigenvalue weighted by atomic mass is 10.2. The van der Waals surface area contributed by atoms with E-state index in [1.54, 1.807) is 22.7 Å². The number of non-ortho nitro benzene ring substituents is 1. The minimum Gasteiger partial charge on any atom is -0.290 e. The van der Waals surface area contributed by atoms with Gasteiger partial charge in [-0.05, 0) is 37.6 Å². The predicted molar refractivity (Wildman–Crippen MR) is 91.1 cm³/mol. The lowest BCUT2D eigenvalue weighted by Crippen LogP contribution is -2.09. The van der Waals surface area contributed by atoms with Gasteiger partial charge in [0.15, 0.2) is 0 Å². The van der Waals surface area contributed by atoms with Crippen LogP contribution in [0.2, 0.25) is 0 Å². The van der Waals surface area contributed by atoms with E-state index in [2.05, 4.69) is 15.4 Å². The van der Waals surface area contributed by atoms with Crippen molar-refractivity contribution in [2.75, 3.05) is 5.32 Å². The number of carbonyl (C=O) groups excluding carboxylic acids is 1. The molecule has 0 atom stereocenters. The minimum absolute atomic E-state index is 0.00421. The van der Waals surface area contributed by atoms with E-state index in [1.165, 1.54) is 29.5 Å². The number of nitrogens with zero attached hydrogens (tertiary/aromatic N) is 4. The van der Waals surface area contributed by atoms with Crippen molar-refractivity contribution in [1.29, 1.82) is 0 Å². The number of thiazole rings is 1. The van der Waals surface area contributed by atoms with Crippen LogP contribution in [0.3, 0.4) is 0 Å². The van der Waals surface area contributed by atoms with Gasteiger partial charge in [0, 0.05) is 23.1 Å². The number of aryl methyl sites for hydroxylation is 2. The molecule has 0 aliphatic heterocycles. The van der Waals surface area contributed by atoms with Crippen molar-refractivity contribution in [2.45, 2.75) is 13.8 Å². The standard InChI is InChI=1S/C15H13N5O3S/c1-9-10(2)24-15-17-14(18-19(9)15)16-13(21)8-5-11-3-6-12(7-4-11)20(22)23/h3-8H,1-2H3,(H,16,18,21)/b8-5+. The van der Waals surface area contributed by atoms with Crippen LogP contribution in [0.5, 0.6) is 0 Å². The van der Waals surface area contributed by atoms with Crippen molar-refractivity contribution >= 4 is 39.9 Å². The molecule has 1 amide bonds. The number of anilines is 1. The number of rotatable bonds is 4. The van der Waals surface area contributed by atoms with Crippen molar-refractivity contribution in [3.8, 4) is 0 Å². The molecule has 122 valence electrons. The predicted octanol–water partition coefficient (Wildman–Crippen LogP) is 2.97. The number of nitro groups is 1. The first-order valence-corrected chi connectivity index (χ1v) is 7.82. The summed E-state index contributed by atoms with van der Waals surface area (Å²) in [5, 5.41) is 17.4. The number of nitro benzene ring substituents is 1. The summed E-state index contributed by atoms with van der Waals surface area (Å²) in [5.74, 6) is -0.135. The van der Waals surface area contributed by atoms with E-state index in [9.17, 15) is 14.9 Å². The second-order valence-electron chi connectivity index (χ2n) is 5.04. The number of aromatic nitrogens is 3. The fraction of sp³-hybridized carbons (Fsp3) is 0.133. The summed E-state index contributed by atoms with van der Waals surface area (Å²) in [6.07, 6.45) is 2.89. The van der Waals surface area contributed by atoms with Gasteiger partial charge in [0.05, 0.1) is 10.6 Å². The molecule has 2 heterocycles. The van der Waals surface area contributed by atoms with Crippen molar-refractivity contribution in [2.24, 2.45) is 0 Å². The Hall–Kier alpha value is -3.07. The normalized spacial score (nSPS) is 11.2. The quantitative estimate of drug-likeness (QED) is 0.446. The van der Waals surface area contributed by atoms with Crippen LogP contribution >= 0.6 is 11.3 Å². The maximum Gasteiger partial charge on any atom is 0.269 e. The maximum atomic E-state index is 11.9. The van der Waals surface area contributed by atoms with Crippen molar-refractivity contribution in [3.63, 3.8) is 0 Å². The highest BCUT2D eigenvalue weighted by atomic mass is 32.1. The monoisotopic (exact) mass is 343 g/mol. The van der Waals surface area contributed by atoms with E-state index in [0.29, 0.717) is 5.56 Å². The Kier molecular flexibility index (Phi) is 4.09. The van der Waals surface area contributed by atoms with Crippen LogP contribution in [-0.2, 0) is 4.79 Å².